The number of fused-ring (bicyclic) bond motifs is 1. The third-order valence-corrected chi connectivity index (χ3v) is 4.41. The molecule has 0 aliphatic heterocycles. The van der Waals surface area contributed by atoms with Crippen molar-refractivity contribution in [3.63, 3.8) is 0 Å². The van der Waals surface area contributed by atoms with Gasteiger partial charge in [0.2, 0.25) is 11.7 Å². The molecule has 6 nitrogen and oxygen atoms in total. The fourth-order valence-electron chi connectivity index (χ4n) is 2.89. The summed E-state index contributed by atoms with van der Waals surface area (Å²) in [7, 11) is 0. The van der Waals surface area contributed by atoms with Gasteiger partial charge >= 0.3 is 5.95 Å². The van der Waals surface area contributed by atoms with Crippen LogP contribution in [0.15, 0.2) is 99.4 Å². The lowest BCUT2D eigenvalue weighted by atomic mass is 10.1. The zero-order valence-electron chi connectivity index (χ0n) is 16.2. The number of furan rings is 1. The van der Waals surface area contributed by atoms with Crippen molar-refractivity contribution in [2.24, 2.45) is 0 Å². The summed E-state index contributed by atoms with van der Waals surface area (Å²) in [6.45, 7) is 0. The Kier molecular flexibility index (Phi) is 5.59. The zero-order valence-corrected chi connectivity index (χ0v) is 16.2. The highest BCUT2D eigenvalue weighted by atomic mass is 16.5. The van der Waals surface area contributed by atoms with Gasteiger partial charge < -0.3 is 13.9 Å². The first-order valence-electron chi connectivity index (χ1n) is 9.39. The maximum Gasteiger partial charge on any atom is 0.310 e. The second-order valence-corrected chi connectivity index (χ2v) is 6.49. The number of ketones is 1. The monoisotopic (exact) mass is 408 g/mol. The molecule has 2 aromatic carbocycles. The minimum atomic E-state index is -0.492. The summed E-state index contributed by atoms with van der Waals surface area (Å²) < 4.78 is 10.8. The molecule has 0 fully saturated rings. The molecule has 150 valence electrons. The number of hydrogen-bond acceptors (Lipinski definition) is 6. The van der Waals surface area contributed by atoms with E-state index in [1.54, 1.807) is 36.4 Å². The number of nitrogens with zero attached hydrogens (tertiary/aromatic N) is 2. The molecule has 2 aromatic heterocycles. The molecule has 6 heteroatoms. The Hall–Kier alpha value is -4.63. The van der Waals surface area contributed by atoms with Gasteiger partial charge in [0.15, 0.2) is 5.76 Å². The highest BCUT2D eigenvalue weighted by molar-refractivity contribution is 6.11. The van der Waals surface area contributed by atoms with Crippen LogP contribution in [-0.4, -0.2) is 15.9 Å². The summed E-state index contributed by atoms with van der Waals surface area (Å²) in [6, 6.07) is 20.0. The molecular weight excluding hydrogens is 392 g/mol. The van der Waals surface area contributed by atoms with Crippen LogP contribution in [0.3, 0.4) is 0 Å². The SMILES string of the molecule is N#CC(=CC=CC=Cc1nc(-c2ccccc2)oc1O)C(=O)c1cc2ccccc2o1. The first kappa shape index (κ1) is 19.7. The van der Waals surface area contributed by atoms with E-state index in [0.29, 0.717) is 11.5 Å². The molecule has 0 amide bonds. The lowest BCUT2D eigenvalue weighted by molar-refractivity contribution is 0.101. The van der Waals surface area contributed by atoms with Crippen molar-refractivity contribution in [1.29, 1.82) is 5.26 Å². The number of aromatic hydroxyl groups is 1. The molecule has 4 aromatic rings. The van der Waals surface area contributed by atoms with E-state index in [1.807, 2.05) is 54.6 Å². The Bertz CT molecular complexity index is 1330. The molecule has 0 aliphatic carbocycles. The van der Waals surface area contributed by atoms with Crippen molar-refractivity contribution in [3.8, 4) is 23.5 Å². The Labute approximate surface area is 177 Å². The molecule has 0 radical (unpaired) electrons. The van der Waals surface area contributed by atoms with E-state index in [-0.39, 0.29) is 23.0 Å². The van der Waals surface area contributed by atoms with Gasteiger partial charge in [-0.2, -0.15) is 5.26 Å². The number of aromatic nitrogens is 1. The third-order valence-electron chi connectivity index (χ3n) is 4.41. The van der Waals surface area contributed by atoms with Gasteiger partial charge in [0.25, 0.3) is 0 Å². The first-order chi connectivity index (χ1) is 15.2. The normalized spacial score (nSPS) is 12.0. The van der Waals surface area contributed by atoms with E-state index in [9.17, 15) is 15.2 Å². The van der Waals surface area contributed by atoms with Gasteiger partial charge in [-0.1, -0.05) is 54.6 Å². The molecule has 1 N–H and O–H groups in total. The summed E-state index contributed by atoms with van der Waals surface area (Å²) in [5, 5.41) is 20.0. The zero-order chi connectivity index (χ0) is 21.6. The van der Waals surface area contributed by atoms with Gasteiger partial charge in [0.05, 0.1) is 0 Å². The van der Waals surface area contributed by atoms with Crippen LogP contribution in [0.2, 0.25) is 0 Å². The molecule has 0 aliphatic rings. The number of Topliss-reactive ketones (excluding diaryl/α,β-unsaturated/α-hetero) is 1. The fraction of sp³-hybridized carbons (Fsp3) is 0. The molecule has 0 spiro atoms. The average molecular weight is 408 g/mol. The minimum absolute atomic E-state index is 0.0562. The largest absolute Gasteiger partial charge is 0.479 e. The predicted octanol–water partition coefficient (Wildman–Crippen LogP) is 5.70. The lowest BCUT2D eigenvalue weighted by Crippen LogP contribution is -1.99. The summed E-state index contributed by atoms with van der Waals surface area (Å²) in [5.41, 5.74) is 1.55. The van der Waals surface area contributed by atoms with Crippen LogP contribution >= 0.6 is 0 Å². The van der Waals surface area contributed by atoms with Gasteiger partial charge in [-0.25, -0.2) is 4.98 Å². The molecule has 0 atom stereocenters. The maximum atomic E-state index is 12.5. The van der Waals surface area contributed by atoms with Crippen LogP contribution in [0, 0.1) is 11.3 Å². The standard InChI is InChI=1S/C25H16N2O4/c26-16-19(23(28)22-15-18-11-7-8-14-21(18)30-22)12-5-2-6-13-20-25(29)31-24(27-20)17-9-3-1-4-10-17/h1-15,29H. The summed E-state index contributed by atoms with van der Waals surface area (Å²) in [5.74, 6) is -0.366. The maximum absolute atomic E-state index is 12.5. The number of rotatable bonds is 6. The Morgan fingerprint density at radius 3 is 2.55 bits per heavy atom. The second-order valence-electron chi connectivity index (χ2n) is 6.49. The van der Waals surface area contributed by atoms with Crippen molar-refractivity contribution in [1.82, 2.24) is 4.98 Å². The summed E-state index contributed by atoms with van der Waals surface area (Å²) in [6.07, 6.45) is 7.73. The number of carbonyl (C=O) groups excluding carboxylic acids is 1. The van der Waals surface area contributed by atoms with E-state index in [0.717, 1.165) is 10.9 Å². The van der Waals surface area contributed by atoms with Crippen molar-refractivity contribution >= 4 is 22.8 Å². The molecular formula is C25H16N2O4. The van der Waals surface area contributed by atoms with Crippen LogP contribution in [0.4, 0.5) is 0 Å². The molecule has 4 rings (SSSR count). The lowest BCUT2D eigenvalue weighted by Gasteiger charge is -1.92. The van der Waals surface area contributed by atoms with E-state index in [4.69, 9.17) is 8.83 Å². The van der Waals surface area contributed by atoms with E-state index in [1.165, 1.54) is 6.08 Å². The molecule has 0 saturated heterocycles. The summed E-state index contributed by atoms with van der Waals surface area (Å²) in [4.78, 5) is 16.8. The molecule has 2 heterocycles. The number of allylic oxidation sites excluding steroid dienone is 5. The van der Waals surface area contributed by atoms with E-state index in [2.05, 4.69) is 4.98 Å². The topological polar surface area (TPSA) is 100 Å². The van der Waals surface area contributed by atoms with Gasteiger partial charge in [-0.3, -0.25) is 4.79 Å². The van der Waals surface area contributed by atoms with Crippen LogP contribution < -0.4 is 0 Å². The smallest absolute Gasteiger partial charge is 0.310 e. The summed E-state index contributed by atoms with van der Waals surface area (Å²) >= 11 is 0. The average Bonchev–Trinajstić information content (AvgIpc) is 3.40. The van der Waals surface area contributed by atoms with Crippen molar-refractivity contribution < 1.29 is 18.7 Å². The second kappa shape index (κ2) is 8.80. The van der Waals surface area contributed by atoms with Gasteiger partial charge in [-0.05, 0) is 36.4 Å². The van der Waals surface area contributed by atoms with Crippen molar-refractivity contribution in [2.45, 2.75) is 0 Å². The number of benzene rings is 2. The van der Waals surface area contributed by atoms with Gasteiger partial charge in [0.1, 0.15) is 22.9 Å². The molecule has 0 bridgehead atoms. The van der Waals surface area contributed by atoms with Gasteiger partial charge in [0, 0.05) is 10.9 Å². The minimum Gasteiger partial charge on any atom is -0.479 e. The number of oxazole rings is 1. The van der Waals surface area contributed by atoms with E-state index < -0.39 is 5.78 Å². The number of para-hydroxylation sites is 1. The van der Waals surface area contributed by atoms with Gasteiger partial charge in [-0.15, -0.1) is 0 Å². The third kappa shape index (κ3) is 4.36. The number of carbonyl (C=O) groups is 1. The first-order valence-corrected chi connectivity index (χ1v) is 9.39. The van der Waals surface area contributed by atoms with Crippen LogP contribution in [0.1, 0.15) is 16.2 Å². The Balaban J connectivity index is 1.46. The Morgan fingerprint density at radius 2 is 1.77 bits per heavy atom. The molecule has 0 saturated carbocycles. The molecule has 0 unspecified atom stereocenters. The number of hydrogen-bond donors (Lipinski definition) is 1. The van der Waals surface area contributed by atoms with Crippen molar-refractivity contribution in [2.75, 3.05) is 0 Å². The highest BCUT2D eigenvalue weighted by Gasteiger charge is 2.16. The van der Waals surface area contributed by atoms with Crippen LogP contribution in [-0.2, 0) is 0 Å². The number of nitriles is 1. The van der Waals surface area contributed by atoms with Crippen molar-refractivity contribution in [3.05, 3.63) is 102 Å². The van der Waals surface area contributed by atoms with Crippen LogP contribution in [0.5, 0.6) is 5.95 Å². The quantitative estimate of drug-likeness (QED) is 0.190. The fourth-order valence-corrected chi connectivity index (χ4v) is 2.89. The Morgan fingerprint density at radius 1 is 1.00 bits per heavy atom. The van der Waals surface area contributed by atoms with E-state index >= 15 is 0 Å². The van der Waals surface area contributed by atoms with Crippen LogP contribution in [0.25, 0.3) is 28.5 Å². The highest BCUT2D eigenvalue weighted by Crippen LogP contribution is 2.27. The molecule has 31 heavy (non-hydrogen) atoms. The predicted molar refractivity (Wildman–Crippen MR) is 116 cm³/mol.